The Hall–Kier alpha value is -3.35. The first-order chi connectivity index (χ1) is 13.5. The number of carbonyl (C=O) groups is 1. The maximum absolute atomic E-state index is 14.9. The van der Waals surface area contributed by atoms with Crippen LogP contribution in [0.25, 0.3) is 11.0 Å². The predicted molar refractivity (Wildman–Crippen MR) is 108 cm³/mol. The second kappa shape index (κ2) is 7.58. The van der Waals surface area contributed by atoms with E-state index in [-0.39, 0.29) is 29.0 Å². The quantitative estimate of drug-likeness (QED) is 0.613. The van der Waals surface area contributed by atoms with Gasteiger partial charge in [0, 0.05) is 23.4 Å². The Morgan fingerprint density at radius 3 is 2.66 bits per heavy atom. The van der Waals surface area contributed by atoms with Gasteiger partial charge in [-0.05, 0) is 57.0 Å². The van der Waals surface area contributed by atoms with Crippen LogP contribution < -0.4 is 10.9 Å². The second-order valence-corrected chi connectivity index (χ2v) is 7.76. The summed E-state index contributed by atoms with van der Waals surface area (Å²) >= 11 is 0. The zero-order valence-electron chi connectivity index (χ0n) is 16.6. The topological polar surface area (TPSA) is 88.8 Å². The summed E-state index contributed by atoms with van der Waals surface area (Å²) in [4.78, 5) is 24.4. The van der Waals surface area contributed by atoms with Crippen molar-refractivity contribution >= 4 is 22.7 Å². The Bertz CT molecular complexity index is 1140. The summed E-state index contributed by atoms with van der Waals surface area (Å²) in [5.41, 5.74) is 0.0742. The molecule has 29 heavy (non-hydrogen) atoms. The second-order valence-electron chi connectivity index (χ2n) is 7.76. The lowest BCUT2D eigenvalue weighted by molar-refractivity contribution is 0.0635. The van der Waals surface area contributed by atoms with Crippen molar-refractivity contribution in [1.82, 2.24) is 0 Å². The maximum atomic E-state index is 14.9. The van der Waals surface area contributed by atoms with E-state index in [4.69, 9.17) is 9.15 Å². The van der Waals surface area contributed by atoms with Crippen molar-refractivity contribution in [2.75, 3.05) is 5.32 Å². The van der Waals surface area contributed by atoms with Crippen molar-refractivity contribution in [3.05, 3.63) is 69.3 Å². The molecule has 152 valence electrons. The number of aryl methyl sites for hydroxylation is 1. The summed E-state index contributed by atoms with van der Waals surface area (Å²) in [6.07, 6.45) is -0.782. The third-order valence-corrected chi connectivity index (χ3v) is 4.35. The first kappa shape index (κ1) is 20.4. The minimum Gasteiger partial charge on any atom is -0.508 e. The number of phenolic OH excluding ortho intramolecular Hbond substituents is 1. The van der Waals surface area contributed by atoms with Crippen LogP contribution in [0.4, 0.5) is 14.9 Å². The van der Waals surface area contributed by atoms with Crippen LogP contribution in [0.2, 0.25) is 0 Å². The monoisotopic (exact) mass is 399 g/mol. The van der Waals surface area contributed by atoms with Gasteiger partial charge in [0.2, 0.25) is 0 Å². The van der Waals surface area contributed by atoms with Crippen LogP contribution >= 0.6 is 0 Å². The van der Waals surface area contributed by atoms with Gasteiger partial charge >= 0.3 is 11.7 Å². The molecule has 0 radical (unpaired) electrons. The normalized spacial score (nSPS) is 11.5. The minimum absolute atomic E-state index is 0.0132. The van der Waals surface area contributed by atoms with Gasteiger partial charge in [-0.15, -0.1) is 0 Å². The van der Waals surface area contributed by atoms with E-state index in [1.54, 1.807) is 39.8 Å². The Balaban J connectivity index is 1.94. The summed E-state index contributed by atoms with van der Waals surface area (Å²) in [6.45, 7) is 6.87. The third kappa shape index (κ3) is 4.56. The van der Waals surface area contributed by atoms with Crippen LogP contribution in [0.3, 0.4) is 0 Å². The first-order valence-electron chi connectivity index (χ1n) is 9.08. The summed E-state index contributed by atoms with van der Waals surface area (Å²) in [7, 11) is 0. The van der Waals surface area contributed by atoms with E-state index in [1.165, 1.54) is 24.3 Å². The predicted octanol–water partition coefficient (Wildman–Crippen LogP) is 4.88. The molecule has 0 aliphatic rings. The van der Waals surface area contributed by atoms with Crippen LogP contribution in [-0.4, -0.2) is 16.8 Å². The average Bonchev–Trinajstić information content (AvgIpc) is 2.59. The van der Waals surface area contributed by atoms with Gasteiger partial charge in [0.1, 0.15) is 22.8 Å². The highest BCUT2D eigenvalue weighted by molar-refractivity contribution is 5.85. The van der Waals surface area contributed by atoms with Crippen molar-refractivity contribution in [2.45, 2.75) is 39.7 Å². The van der Waals surface area contributed by atoms with Crippen LogP contribution in [-0.2, 0) is 11.2 Å². The summed E-state index contributed by atoms with van der Waals surface area (Å²) in [5.74, 6) is -0.664. The lowest BCUT2D eigenvalue weighted by atomic mass is 9.99. The highest BCUT2D eigenvalue weighted by atomic mass is 19.1. The molecule has 3 rings (SSSR count). The van der Waals surface area contributed by atoms with E-state index in [0.717, 1.165) is 0 Å². The number of fused-ring (bicyclic) bond motifs is 1. The number of hydrogen-bond donors (Lipinski definition) is 2. The molecular weight excluding hydrogens is 377 g/mol. The van der Waals surface area contributed by atoms with Crippen LogP contribution in [0.15, 0.2) is 45.6 Å². The van der Waals surface area contributed by atoms with Gasteiger partial charge in [0.05, 0.1) is 5.69 Å². The fraction of sp³-hybridized carbons (Fsp3) is 0.273. The standard InChI is InChI=1S/C22H22FNO5/c1-12-15-9-8-14(25)11-18(15)28-20(26)16(12)10-13-6-5-7-17(19(13)23)24-21(27)29-22(2,3)4/h5-9,11,25H,10H2,1-4H3,(H,24,27). The number of aromatic hydroxyl groups is 1. The molecule has 0 fully saturated rings. The molecule has 6 nitrogen and oxygen atoms in total. The first-order valence-corrected chi connectivity index (χ1v) is 9.08. The van der Waals surface area contributed by atoms with E-state index < -0.39 is 23.1 Å². The molecule has 0 spiro atoms. The van der Waals surface area contributed by atoms with Gasteiger partial charge in [0.15, 0.2) is 0 Å². The zero-order valence-corrected chi connectivity index (χ0v) is 16.6. The summed E-state index contributed by atoms with van der Waals surface area (Å²) < 4.78 is 25.4. The molecule has 0 saturated carbocycles. The molecule has 1 aromatic heterocycles. The Morgan fingerprint density at radius 1 is 1.24 bits per heavy atom. The van der Waals surface area contributed by atoms with Gasteiger partial charge in [-0.2, -0.15) is 0 Å². The van der Waals surface area contributed by atoms with Crippen molar-refractivity contribution in [2.24, 2.45) is 0 Å². The highest BCUT2D eigenvalue weighted by Gasteiger charge is 2.19. The Morgan fingerprint density at radius 2 is 1.97 bits per heavy atom. The van der Waals surface area contributed by atoms with E-state index >= 15 is 0 Å². The van der Waals surface area contributed by atoms with Crippen molar-refractivity contribution in [3.8, 4) is 5.75 Å². The van der Waals surface area contributed by atoms with Crippen LogP contribution in [0.1, 0.15) is 37.5 Å². The molecule has 1 amide bonds. The van der Waals surface area contributed by atoms with E-state index in [9.17, 15) is 19.1 Å². The molecule has 3 aromatic rings. The molecule has 0 unspecified atom stereocenters. The van der Waals surface area contributed by atoms with Gasteiger partial charge in [-0.25, -0.2) is 14.0 Å². The molecule has 0 aliphatic carbocycles. The molecule has 2 aromatic carbocycles. The van der Waals surface area contributed by atoms with Crippen molar-refractivity contribution in [3.63, 3.8) is 0 Å². The molecule has 0 saturated heterocycles. The van der Waals surface area contributed by atoms with Crippen LogP contribution in [0.5, 0.6) is 5.75 Å². The number of ether oxygens (including phenoxy) is 1. The molecule has 7 heteroatoms. The SMILES string of the molecule is Cc1c(Cc2cccc(NC(=O)OC(C)(C)C)c2F)c(=O)oc2cc(O)ccc12. The highest BCUT2D eigenvalue weighted by Crippen LogP contribution is 2.26. The molecule has 0 aliphatic heterocycles. The molecule has 1 heterocycles. The number of phenols is 1. The van der Waals surface area contributed by atoms with E-state index in [1.807, 2.05) is 0 Å². The summed E-state index contributed by atoms with van der Waals surface area (Å²) in [5, 5.41) is 12.6. The van der Waals surface area contributed by atoms with Crippen molar-refractivity contribution in [1.29, 1.82) is 0 Å². The van der Waals surface area contributed by atoms with Gasteiger partial charge in [0.25, 0.3) is 0 Å². The maximum Gasteiger partial charge on any atom is 0.412 e. The molecule has 2 N–H and O–H groups in total. The largest absolute Gasteiger partial charge is 0.508 e. The number of amides is 1. The third-order valence-electron chi connectivity index (χ3n) is 4.35. The fourth-order valence-electron chi connectivity index (χ4n) is 3.00. The zero-order chi connectivity index (χ0) is 21.3. The molecular formula is C22H22FNO5. The number of nitrogens with one attached hydrogen (secondary N) is 1. The molecule has 0 atom stereocenters. The molecule has 0 bridgehead atoms. The number of hydrogen-bond acceptors (Lipinski definition) is 5. The minimum atomic E-state index is -0.769. The van der Waals surface area contributed by atoms with Gasteiger partial charge < -0.3 is 14.3 Å². The number of rotatable bonds is 3. The van der Waals surface area contributed by atoms with E-state index in [2.05, 4.69) is 5.32 Å². The lowest BCUT2D eigenvalue weighted by Gasteiger charge is -2.20. The smallest absolute Gasteiger partial charge is 0.412 e. The summed E-state index contributed by atoms with van der Waals surface area (Å²) in [6, 6.07) is 9.03. The number of carbonyl (C=O) groups excluding carboxylic acids is 1. The van der Waals surface area contributed by atoms with Gasteiger partial charge in [-0.1, -0.05) is 12.1 Å². The fourth-order valence-corrected chi connectivity index (χ4v) is 3.00. The van der Waals surface area contributed by atoms with Crippen LogP contribution in [0, 0.1) is 12.7 Å². The number of benzene rings is 2. The number of anilines is 1. The average molecular weight is 399 g/mol. The number of halogens is 1. The Kier molecular flexibility index (Phi) is 5.33. The lowest BCUT2D eigenvalue weighted by Crippen LogP contribution is -2.27. The van der Waals surface area contributed by atoms with E-state index in [0.29, 0.717) is 16.5 Å². The van der Waals surface area contributed by atoms with Crippen molar-refractivity contribution < 1.29 is 23.4 Å². The Labute approximate surface area is 166 Å². The van der Waals surface area contributed by atoms with Gasteiger partial charge in [-0.3, -0.25) is 5.32 Å².